The fraction of sp³-hybridized carbons (Fsp3) is 0.250. The van der Waals surface area contributed by atoms with E-state index in [1.165, 1.54) is 27.8 Å². The molecule has 3 nitrogen and oxygen atoms in total. The lowest BCUT2D eigenvalue weighted by Gasteiger charge is -2.07. The molecule has 2 aromatic heterocycles. The maximum Gasteiger partial charge on any atom is 0.417 e. The Balaban J connectivity index is 1.66. The number of thioether (sulfide) groups is 1. The van der Waals surface area contributed by atoms with E-state index >= 15 is 0 Å². The zero-order valence-electron chi connectivity index (χ0n) is 12.1. The van der Waals surface area contributed by atoms with Crippen molar-refractivity contribution >= 4 is 17.4 Å². The molecule has 0 amide bonds. The predicted octanol–water partition coefficient (Wildman–Crippen LogP) is 4.47. The summed E-state index contributed by atoms with van der Waals surface area (Å²) in [5, 5.41) is 8.36. The van der Waals surface area contributed by atoms with Crippen molar-refractivity contribution in [3.63, 3.8) is 0 Å². The van der Waals surface area contributed by atoms with E-state index in [9.17, 15) is 13.2 Å². The maximum atomic E-state index is 12.8. The Bertz CT molecular complexity index is 784. The van der Waals surface area contributed by atoms with Gasteiger partial charge in [0, 0.05) is 11.9 Å². The first kappa shape index (κ1) is 15.9. The Morgan fingerprint density at radius 2 is 1.78 bits per heavy atom. The summed E-state index contributed by atoms with van der Waals surface area (Å²) in [6.45, 7) is 0. The van der Waals surface area contributed by atoms with Gasteiger partial charge in [0.1, 0.15) is 0 Å². The highest BCUT2D eigenvalue weighted by molar-refractivity contribution is 7.99. The molecule has 3 aromatic rings. The molecule has 0 unspecified atom stereocenters. The number of nitrogens with zero attached hydrogens (tertiary/aromatic N) is 3. The number of pyridine rings is 1. The Hall–Kier alpha value is -2.02. The lowest BCUT2D eigenvalue weighted by atomic mass is 10.1. The molecule has 0 fully saturated rings. The molecule has 0 aliphatic carbocycles. The van der Waals surface area contributed by atoms with E-state index in [-0.39, 0.29) is 0 Å². The normalized spacial score (nSPS) is 12.0. The molecule has 0 aliphatic heterocycles. The third kappa shape index (κ3) is 3.85. The number of hydrogen-bond acceptors (Lipinski definition) is 3. The largest absolute Gasteiger partial charge is 0.417 e. The van der Waals surface area contributed by atoms with E-state index in [0.717, 1.165) is 30.9 Å². The number of fused-ring (bicyclic) bond motifs is 1. The van der Waals surface area contributed by atoms with Crippen LogP contribution in [0.1, 0.15) is 17.5 Å². The number of alkyl halides is 3. The molecule has 0 atom stereocenters. The van der Waals surface area contributed by atoms with Crippen molar-refractivity contribution in [2.24, 2.45) is 0 Å². The summed E-state index contributed by atoms with van der Waals surface area (Å²) in [5.41, 5.74) is 0.970. The molecule has 120 valence electrons. The van der Waals surface area contributed by atoms with Crippen molar-refractivity contribution in [2.75, 3.05) is 5.75 Å². The fourth-order valence-electron chi connectivity index (χ4n) is 2.22. The van der Waals surface area contributed by atoms with E-state index in [1.54, 1.807) is 0 Å². The quantitative estimate of drug-likeness (QED) is 0.508. The average molecular weight is 337 g/mol. The van der Waals surface area contributed by atoms with Crippen molar-refractivity contribution in [2.45, 2.75) is 24.2 Å². The standard InChI is InChI=1S/C16H14F3N3S/c17-16(18,19)13-8-9-14-20-21-15(22(14)11-13)23-10-4-7-12-5-2-1-3-6-12/h1-3,5-6,8-9,11H,4,7,10H2. The number of benzene rings is 1. The van der Waals surface area contributed by atoms with Crippen LogP contribution in [0.2, 0.25) is 0 Å². The van der Waals surface area contributed by atoms with Crippen LogP contribution in [0, 0.1) is 0 Å². The molecule has 23 heavy (non-hydrogen) atoms. The van der Waals surface area contributed by atoms with Gasteiger partial charge in [-0.05, 0) is 30.5 Å². The summed E-state index contributed by atoms with van der Waals surface area (Å²) in [5.74, 6) is 0.770. The van der Waals surface area contributed by atoms with Gasteiger partial charge in [-0.2, -0.15) is 13.2 Å². The third-order valence-electron chi connectivity index (χ3n) is 3.38. The summed E-state index contributed by atoms with van der Waals surface area (Å²) in [4.78, 5) is 0. The zero-order valence-corrected chi connectivity index (χ0v) is 12.9. The SMILES string of the molecule is FC(F)(F)c1ccc2nnc(SCCCc3ccccc3)n2c1. The monoisotopic (exact) mass is 337 g/mol. The summed E-state index contributed by atoms with van der Waals surface area (Å²) in [6.07, 6.45) is -1.47. The molecule has 0 N–H and O–H groups in total. The van der Waals surface area contributed by atoms with Crippen LogP contribution < -0.4 is 0 Å². The van der Waals surface area contributed by atoms with Gasteiger partial charge in [-0.1, -0.05) is 42.1 Å². The lowest BCUT2D eigenvalue weighted by Crippen LogP contribution is -2.06. The van der Waals surface area contributed by atoms with Crippen LogP contribution >= 0.6 is 11.8 Å². The molecule has 3 rings (SSSR count). The van der Waals surface area contributed by atoms with Gasteiger partial charge in [0.05, 0.1) is 5.56 Å². The molecular formula is C16H14F3N3S. The number of hydrogen-bond donors (Lipinski definition) is 0. The molecule has 0 saturated heterocycles. The van der Waals surface area contributed by atoms with Crippen molar-refractivity contribution in [3.8, 4) is 0 Å². The second kappa shape index (κ2) is 6.62. The Morgan fingerprint density at radius 1 is 1.00 bits per heavy atom. The number of halogens is 3. The minimum atomic E-state index is -4.37. The molecule has 0 bridgehead atoms. The van der Waals surface area contributed by atoms with Gasteiger partial charge >= 0.3 is 6.18 Å². The van der Waals surface area contributed by atoms with Crippen LogP contribution in [0.4, 0.5) is 13.2 Å². The summed E-state index contributed by atoms with van der Waals surface area (Å²) in [6, 6.07) is 12.4. The lowest BCUT2D eigenvalue weighted by molar-refractivity contribution is -0.137. The smallest absolute Gasteiger partial charge is 0.277 e. The topological polar surface area (TPSA) is 30.2 Å². The maximum absolute atomic E-state index is 12.8. The van der Waals surface area contributed by atoms with Gasteiger partial charge in [-0.15, -0.1) is 10.2 Å². The fourth-order valence-corrected chi connectivity index (χ4v) is 3.08. The van der Waals surface area contributed by atoms with Gasteiger partial charge in [-0.3, -0.25) is 4.40 Å². The molecule has 0 radical (unpaired) electrons. The molecule has 2 heterocycles. The average Bonchev–Trinajstić information content (AvgIpc) is 2.94. The first-order chi connectivity index (χ1) is 11.0. The second-order valence-electron chi connectivity index (χ2n) is 5.06. The van der Waals surface area contributed by atoms with Crippen LogP contribution in [0.25, 0.3) is 5.65 Å². The highest BCUT2D eigenvalue weighted by atomic mass is 32.2. The highest BCUT2D eigenvalue weighted by Crippen LogP contribution is 2.30. The molecule has 0 spiro atoms. The number of aromatic nitrogens is 3. The van der Waals surface area contributed by atoms with E-state index in [2.05, 4.69) is 22.3 Å². The second-order valence-corrected chi connectivity index (χ2v) is 6.13. The van der Waals surface area contributed by atoms with Crippen LogP contribution in [0.5, 0.6) is 0 Å². The molecule has 7 heteroatoms. The van der Waals surface area contributed by atoms with Crippen LogP contribution in [0.3, 0.4) is 0 Å². The van der Waals surface area contributed by atoms with Crippen LogP contribution in [0.15, 0.2) is 53.8 Å². The summed E-state index contributed by atoms with van der Waals surface area (Å²) >= 11 is 1.42. The minimum Gasteiger partial charge on any atom is -0.277 e. The predicted molar refractivity (Wildman–Crippen MR) is 83.5 cm³/mol. The Kier molecular flexibility index (Phi) is 4.56. The molecule has 0 aliphatic rings. The van der Waals surface area contributed by atoms with E-state index < -0.39 is 11.7 Å². The number of rotatable bonds is 5. The van der Waals surface area contributed by atoms with Gasteiger partial charge in [0.25, 0.3) is 0 Å². The van der Waals surface area contributed by atoms with Gasteiger partial charge in [0.2, 0.25) is 0 Å². The molecular weight excluding hydrogens is 323 g/mol. The summed E-state index contributed by atoms with van der Waals surface area (Å²) < 4.78 is 39.8. The first-order valence-corrected chi connectivity index (χ1v) is 8.11. The first-order valence-electron chi connectivity index (χ1n) is 7.13. The molecule has 0 saturated carbocycles. The van der Waals surface area contributed by atoms with E-state index in [0.29, 0.717) is 10.8 Å². The Labute approximate surface area is 135 Å². The van der Waals surface area contributed by atoms with Gasteiger partial charge in [-0.25, -0.2) is 0 Å². The van der Waals surface area contributed by atoms with Crippen molar-refractivity contribution in [1.82, 2.24) is 14.6 Å². The van der Waals surface area contributed by atoms with Gasteiger partial charge < -0.3 is 0 Å². The third-order valence-corrected chi connectivity index (χ3v) is 4.41. The van der Waals surface area contributed by atoms with Crippen LogP contribution in [-0.4, -0.2) is 20.4 Å². The van der Waals surface area contributed by atoms with E-state index in [4.69, 9.17) is 0 Å². The Morgan fingerprint density at radius 3 is 2.52 bits per heavy atom. The summed E-state index contributed by atoms with van der Waals surface area (Å²) in [7, 11) is 0. The van der Waals surface area contributed by atoms with Crippen molar-refractivity contribution in [1.29, 1.82) is 0 Å². The van der Waals surface area contributed by atoms with Gasteiger partial charge in [0.15, 0.2) is 10.8 Å². The van der Waals surface area contributed by atoms with E-state index in [1.807, 2.05) is 18.2 Å². The minimum absolute atomic E-state index is 0.420. The number of aryl methyl sites for hydroxylation is 1. The zero-order chi connectivity index (χ0) is 16.3. The van der Waals surface area contributed by atoms with Crippen molar-refractivity contribution < 1.29 is 13.2 Å². The van der Waals surface area contributed by atoms with Crippen molar-refractivity contribution in [3.05, 3.63) is 59.8 Å². The van der Waals surface area contributed by atoms with Crippen LogP contribution in [-0.2, 0) is 12.6 Å². The molecule has 1 aromatic carbocycles. The highest BCUT2D eigenvalue weighted by Gasteiger charge is 2.31.